The van der Waals surface area contributed by atoms with Crippen molar-refractivity contribution in [3.8, 4) is 0 Å². The maximum atomic E-state index is 13.8. The van der Waals surface area contributed by atoms with Crippen LogP contribution in [0.15, 0.2) is 11.6 Å². The van der Waals surface area contributed by atoms with Crippen molar-refractivity contribution in [3.63, 3.8) is 0 Å². The quantitative estimate of drug-likeness (QED) is 0.451. The van der Waals surface area contributed by atoms with E-state index in [0.717, 1.165) is 43.9 Å². The standard InChI is InChI=1S/C28H48O3/c1-18(2)19(3)7-8-20(4)24-11-12-25(28(24,6)15-16-29)23-10-9-21-17-22(30)13-14-27(21,5)26(23)31/h9,18-20,22-25,29-30H,7-8,10-17H2,1-6H3/t19?,20-,22+,23?,24-,25?,27+,28-/m1/s1. The second-order valence-electron chi connectivity index (χ2n) is 12.2. The summed E-state index contributed by atoms with van der Waals surface area (Å²) in [7, 11) is 0. The molecule has 3 aliphatic rings. The van der Waals surface area contributed by atoms with Gasteiger partial charge in [0.15, 0.2) is 0 Å². The third kappa shape index (κ3) is 4.69. The molecule has 0 amide bonds. The van der Waals surface area contributed by atoms with E-state index in [4.69, 9.17) is 0 Å². The number of hydrogen-bond donors (Lipinski definition) is 2. The number of aliphatic hydroxyl groups excluding tert-OH is 2. The van der Waals surface area contributed by atoms with E-state index in [1.807, 2.05) is 0 Å². The molecule has 0 heterocycles. The van der Waals surface area contributed by atoms with Crippen LogP contribution in [-0.2, 0) is 4.79 Å². The Morgan fingerprint density at radius 1 is 1.10 bits per heavy atom. The first kappa shape index (κ1) is 25.0. The lowest BCUT2D eigenvalue weighted by Crippen LogP contribution is -2.47. The van der Waals surface area contributed by atoms with Gasteiger partial charge in [-0.2, -0.15) is 0 Å². The van der Waals surface area contributed by atoms with Gasteiger partial charge in [-0.05, 0) is 86.9 Å². The van der Waals surface area contributed by atoms with Crippen molar-refractivity contribution >= 4 is 5.78 Å². The first-order valence-corrected chi connectivity index (χ1v) is 13.1. The Kier molecular flexibility index (Phi) is 7.79. The van der Waals surface area contributed by atoms with Gasteiger partial charge in [0.1, 0.15) is 5.78 Å². The number of fused-ring (bicyclic) bond motifs is 1. The summed E-state index contributed by atoms with van der Waals surface area (Å²) in [6.07, 6.45) is 10.7. The second-order valence-corrected chi connectivity index (χ2v) is 12.2. The van der Waals surface area contributed by atoms with E-state index in [-0.39, 0.29) is 29.5 Å². The molecule has 3 aliphatic carbocycles. The minimum Gasteiger partial charge on any atom is -0.396 e. The molecular weight excluding hydrogens is 384 g/mol. The minimum atomic E-state index is -0.376. The molecule has 3 unspecified atom stereocenters. The van der Waals surface area contributed by atoms with Crippen molar-refractivity contribution < 1.29 is 15.0 Å². The Bertz CT molecular complexity index is 667. The molecule has 178 valence electrons. The van der Waals surface area contributed by atoms with Crippen molar-refractivity contribution in [2.24, 2.45) is 46.3 Å². The number of Topliss-reactive ketones (excluding diaryl/α,β-unsaturated/α-hetero) is 1. The van der Waals surface area contributed by atoms with Crippen LogP contribution < -0.4 is 0 Å². The zero-order chi connectivity index (χ0) is 23.0. The molecule has 3 rings (SSSR count). The highest BCUT2D eigenvalue weighted by Crippen LogP contribution is 2.59. The molecule has 31 heavy (non-hydrogen) atoms. The van der Waals surface area contributed by atoms with Gasteiger partial charge in [-0.3, -0.25) is 4.79 Å². The van der Waals surface area contributed by atoms with Gasteiger partial charge in [0, 0.05) is 17.9 Å². The van der Waals surface area contributed by atoms with Crippen LogP contribution in [0.25, 0.3) is 0 Å². The Morgan fingerprint density at radius 2 is 1.81 bits per heavy atom. The highest BCUT2D eigenvalue weighted by atomic mass is 16.3. The van der Waals surface area contributed by atoms with Gasteiger partial charge < -0.3 is 10.2 Å². The first-order chi connectivity index (χ1) is 14.5. The predicted octanol–water partition coefficient (Wildman–Crippen LogP) is 6.18. The van der Waals surface area contributed by atoms with Crippen LogP contribution >= 0.6 is 0 Å². The smallest absolute Gasteiger partial charge is 0.146 e. The lowest BCUT2D eigenvalue weighted by Gasteiger charge is -2.48. The van der Waals surface area contributed by atoms with Gasteiger partial charge in [0.2, 0.25) is 0 Å². The van der Waals surface area contributed by atoms with Gasteiger partial charge in [0.25, 0.3) is 0 Å². The van der Waals surface area contributed by atoms with Crippen molar-refractivity contribution in [1.82, 2.24) is 0 Å². The Hall–Kier alpha value is -0.670. The Balaban J connectivity index is 1.79. The molecule has 0 radical (unpaired) electrons. The monoisotopic (exact) mass is 432 g/mol. The fourth-order valence-electron chi connectivity index (χ4n) is 7.48. The lowest BCUT2D eigenvalue weighted by molar-refractivity contribution is -0.136. The minimum absolute atomic E-state index is 0.0332. The zero-order valence-corrected chi connectivity index (χ0v) is 21.0. The number of aliphatic hydroxyl groups is 2. The number of rotatable bonds is 8. The molecular formula is C28H48O3. The molecule has 2 saturated carbocycles. The maximum Gasteiger partial charge on any atom is 0.146 e. The van der Waals surface area contributed by atoms with Gasteiger partial charge in [-0.1, -0.05) is 59.1 Å². The summed E-state index contributed by atoms with van der Waals surface area (Å²) in [5, 5.41) is 20.1. The van der Waals surface area contributed by atoms with Crippen molar-refractivity contribution in [2.45, 2.75) is 105 Å². The third-order valence-corrected chi connectivity index (χ3v) is 10.2. The van der Waals surface area contributed by atoms with E-state index in [9.17, 15) is 15.0 Å². The maximum absolute atomic E-state index is 13.8. The number of carbonyl (C=O) groups is 1. The van der Waals surface area contributed by atoms with E-state index in [1.165, 1.54) is 24.8 Å². The van der Waals surface area contributed by atoms with Crippen LogP contribution in [0.1, 0.15) is 99.3 Å². The molecule has 3 nitrogen and oxygen atoms in total. The van der Waals surface area contributed by atoms with Crippen LogP contribution in [0.5, 0.6) is 0 Å². The molecule has 0 bridgehead atoms. The number of hydrogen-bond acceptors (Lipinski definition) is 3. The summed E-state index contributed by atoms with van der Waals surface area (Å²) >= 11 is 0. The molecule has 0 aromatic carbocycles. The third-order valence-electron chi connectivity index (χ3n) is 10.2. The fourth-order valence-corrected chi connectivity index (χ4v) is 7.48. The Labute approximate surface area is 191 Å². The fraction of sp³-hybridized carbons (Fsp3) is 0.893. The van der Waals surface area contributed by atoms with Crippen LogP contribution in [-0.4, -0.2) is 28.7 Å². The average molecular weight is 433 g/mol. The molecule has 0 saturated heterocycles. The van der Waals surface area contributed by atoms with E-state index in [2.05, 4.69) is 47.6 Å². The Morgan fingerprint density at radius 3 is 2.45 bits per heavy atom. The predicted molar refractivity (Wildman–Crippen MR) is 128 cm³/mol. The van der Waals surface area contributed by atoms with Crippen LogP contribution in [0.3, 0.4) is 0 Å². The second kappa shape index (κ2) is 9.67. The van der Waals surface area contributed by atoms with E-state index >= 15 is 0 Å². The summed E-state index contributed by atoms with van der Waals surface area (Å²) < 4.78 is 0. The molecule has 0 spiro atoms. The van der Waals surface area contributed by atoms with Crippen LogP contribution in [0, 0.1) is 46.3 Å². The topological polar surface area (TPSA) is 57.5 Å². The summed E-state index contributed by atoms with van der Waals surface area (Å²) in [6, 6.07) is 0. The van der Waals surface area contributed by atoms with E-state index in [0.29, 0.717) is 30.0 Å². The zero-order valence-electron chi connectivity index (χ0n) is 21.0. The normalized spacial score (nSPS) is 40.5. The molecule has 0 aliphatic heterocycles. The highest BCUT2D eigenvalue weighted by molar-refractivity contribution is 5.91. The number of allylic oxidation sites excluding steroid dienone is 1. The summed E-state index contributed by atoms with van der Waals surface area (Å²) in [5.74, 6) is 3.55. The molecule has 2 fully saturated rings. The molecule has 3 heteroatoms. The lowest BCUT2D eigenvalue weighted by atomic mass is 9.56. The van der Waals surface area contributed by atoms with Crippen LogP contribution in [0.2, 0.25) is 0 Å². The molecule has 8 atom stereocenters. The SMILES string of the molecule is CC(C)C(C)CC[C@@H](C)[C@H]1CCC(C2CC=C3C[C@@H](O)CC[C@]3(C)C2=O)[C@]1(C)CCO. The van der Waals surface area contributed by atoms with Crippen molar-refractivity contribution in [1.29, 1.82) is 0 Å². The molecule has 2 N–H and O–H groups in total. The first-order valence-electron chi connectivity index (χ1n) is 13.1. The molecule has 0 aromatic heterocycles. The van der Waals surface area contributed by atoms with Gasteiger partial charge in [-0.25, -0.2) is 0 Å². The number of ketones is 1. The summed E-state index contributed by atoms with van der Waals surface area (Å²) in [5.41, 5.74) is 0.839. The van der Waals surface area contributed by atoms with E-state index in [1.54, 1.807) is 0 Å². The number of carbonyl (C=O) groups excluding carboxylic acids is 1. The molecule has 0 aromatic rings. The van der Waals surface area contributed by atoms with Gasteiger partial charge >= 0.3 is 0 Å². The van der Waals surface area contributed by atoms with Crippen LogP contribution in [0.4, 0.5) is 0 Å². The highest BCUT2D eigenvalue weighted by Gasteiger charge is 2.55. The largest absolute Gasteiger partial charge is 0.396 e. The summed E-state index contributed by atoms with van der Waals surface area (Å²) in [4.78, 5) is 13.8. The van der Waals surface area contributed by atoms with Crippen molar-refractivity contribution in [3.05, 3.63) is 11.6 Å². The van der Waals surface area contributed by atoms with Gasteiger partial charge in [0.05, 0.1) is 6.10 Å². The van der Waals surface area contributed by atoms with Gasteiger partial charge in [-0.15, -0.1) is 0 Å². The van der Waals surface area contributed by atoms with E-state index < -0.39 is 0 Å². The van der Waals surface area contributed by atoms with Crippen molar-refractivity contribution in [2.75, 3.05) is 6.61 Å². The average Bonchev–Trinajstić information content (AvgIpc) is 3.04. The summed E-state index contributed by atoms with van der Waals surface area (Å²) in [6.45, 7) is 14.1.